The van der Waals surface area contributed by atoms with Crippen LogP contribution in [0.3, 0.4) is 0 Å². The van der Waals surface area contributed by atoms with Gasteiger partial charge in [0.25, 0.3) is 5.60 Å². The molecule has 2 N–H and O–H groups in total. The summed E-state index contributed by atoms with van der Waals surface area (Å²) in [6, 6.07) is 0. The van der Waals surface area contributed by atoms with E-state index in [1.54, 1.807) is 0 Å². The molecule has 0 aromatic rings. The molecule has 18 heteroatoms. The van der Waals surface area contributed by atoms with Crippen molar-refractivity contribution in [2.45, 2.75) is 67.3 Å². The van der Waals surface area contributed by atoms with Gasteiger partial charge in [-0.05, 0) is 18.8 Å². The molecule has 0 saturated heterocycles. The first-order valence-electron chi connectivity index (χ1n) is 9.55. The molecule has 0 aliphatic heterocycles. The van der Waals surface area contributed by atoms with E-state index in [0.717, 1.165) is 0 Å². The van der Waals surface area contributed by atoms with Gasteiger partial charge in [0.15, 0.2) is 6.10 Å². The molecule has 1 atom stereocenters. The largest absolute Gasteiger partial charge is 0.455 e. The first kappa shape index (κ1) is 31.4. The summed E-state index contributed by atoms with van der Waals surface area (Å²) in [5, 5.41) is 3.76. The maximum absolute atomic E-state index is 13.4. The maximum Gasteiger partial charge on any atom is 0.431 e. The van der Waals surface area contributed by atoms with Gasteiger partial charge in [-0.25, -0.2) is 4.79 Å². The highest BCUT2D eigenvalue weighted by Gasteiger charge is 2.76. The van der Waals surface area contributed by atoms with Gasteiger partial charge in [-0.15, -0.1) is 0 Å². The highest BCUT2D eigenvalue weighted by atomic mass is 32.2. The molecule has 1 aliphatic carbocycles. The average Bonchev–Trinajstić information content (AvgIpc) is 3.20. The predicted octanol–water partition coefficient (Wildman–Crippen LogP) is 4.02. The lowest BCUT2D eigenvalue weighted by molar-refractivity contribution is -0.395. The monoisotopic (exact) mass is 558 g/mol. The predicted molar refractivity (Wildman–Crippen MR) is 94.9 cm³/mol. The number of hydrogen-bond acceptors (Lipinski definition) is 6. The van der Waals surface area contributed by atoms with Gasteiger partial charge in [0, 0.05) is 6.42 Å². The number of alkyl halides is 10. The Morgan fingerprint density at radius 2 is 1.43 bits per heavy atom. The van der Waals surface area contributed by atoms with Crippen LogP contribution in [-0.4, -0.2) is 72.5 Å². The lowest BCUT2D eigenvalue weighted by Crippen LogP contribution is -2.66. The topological polar surface area (TPSA) is 110 Å². The molecule has 0 heterocycles. The van der Waals surface area contributed by atoms with E-state index in [-0.39, 0.29) is 25.7 Å². The molecular weight excluding hydrogens is 538 g/mol. The van der Waals surface area contributed by atoms with Gasteiger partial charge < -0.3 is 14.6 Å². The third-order valence-corrected chi connectivity index (χ3v) is 6.16. The Morgan fingerprint density at radius 1 is 0.971 bits per heavy atom. The molecule has 0 aromatic heterocycles. The number of halogens is 10. The minimum atomic E-state index is -6.52. The summed E-state index contributed by atoms with van der Waals surface area (Å²) in [5.74, 6) is -8.84. The third-order valence-electron chi connectivity index (χ3n) is 5.21. The Morgan fingerprint density at radius 3 is 1.83 bits per heavy atom. The Balaban J connectivity index is 2.92. The Kier molecular flexibility index (Phi) is 9.30. The van der Waals surface area contributed by atoms with E-state index in [4.69, 9.17) is 4.55 Å². The smallest absolute Gasteiger partial charge is 0.431 e. The summed E-state index contributed by atoms with van der Waals surface area (Å²) < 4.78 is 170. The third kappa shape index (κ3) is 6.56. The summed E-state index contributed by atoms with van der Waals surface area (Å²) in [7, 11) is -6.52. The summed E-state index contributed by atoms with van der Waals surface area (Å²) in [6.07, 6.45) is -18.0. The molecule has 0 aromatic carbocycles. The van der Waals surface area contributed by atoms with E-state index in [1.165, 1.54) is 0 Å². The van der Waals surface area contributed by atoms with Gasteiger partial charge in [-0.1, -0.05) is 19.4 Å². The van der Waals surface area contributed by atoms with Gasteiger partial charge in [0.05, 0.1) is 18.8 Å². The van der Waals surface area contributed by atoms with Gasteiger partial charge >= 0.3 is 39.6 Å². The highest BCUT2D eigenvalue weighted by molar-refractivity contribution is 7.87. The molecule has 1 saturated carbocycles. The van der Waals surface area contributed by atoms with E-state index >= 15 is 0 Å². The zero-order chi connectivity index (χ0) is 27.7. The van der Waals surface area contributed by atoms with E-state index < -0.39 is 82.4 Å². The molecule has 1 rings (SSSR count). The van der Waals surface area contributed by atoms with Crippen molar-refractivity contribution in [2.75, 3.05) is 13.2 Å². The van der Waals surface area contributed by atoms with Gasteiger partial charge in [-0.3, -0.25) is 4.55 Å². The number of rotatable bonds is 11. The Labute approximate surface area is 191 Å². The first-order valence-corrected chi connectivity index (χ1v) is 11.0. The fourth-order valence-corrected chi connectivity index (χ4v) is 3.73. The number of carbonyl (C=O) groups is 1. The van der Waals surface area contributed by atoms with Crippen molar-refractivity contribution in [1.29, 1.82) is 0 Å². The van der Waals surface area contributed by atoms with Gasteiger partial charge in [0.2, 0.25) is 0 Å². The fourth-order valence-electron chi connectivity index (χ4n) is 3.25. The summed E-state index contributed by atoms with van der Waals surface area (Å²) in [5.41, 5.74) is -6.47. The minimum Gasteiger partial charge on any atom is -0.455 e. The van der Waals surface area contributed by atoms with Crippen molar-refractivity contribution in [3.8, 4) is 0 Å². The molecule has 0 spiro atoms. The van der Waals surface area contributed by atoms with E-state index in [1.807, 2.05) is 0 Å². The molecule has 0 bridgehead atoms. The van der Waals surface area contributed by atoms with Crippen LogP contribution < -0.4 is 0 Å². The van der Waals surface area contributed by atoms with Gasteiger partial charge in [-0.2, -0.15) is 52.3 Å². The van der Waals surface area contributed by atoms with Crippen LogP contribution in [-0.2, 0) is 24.4 Å². The van der Waals surface area contributed by atoms with Gasteiger partial charge in [0.1, 0.15) is 0 Å². The molecular formula is C17H20F10O7S. The zero-order valence-corrected chi connectivity index (χ0v) is 18.3. The van der Waals surface area contributed by atoms with Crippen LogP contribution in [0.25, 0.3) is 0 Å². The Hall–Kier alpha value is -1.66. The highest BCUT2D eigenvalue weighted by Crippen LogP contribution is 2.50. The van der Waals surface area contributed by atoms with Crippen molar-refractivity contribution in [3.63, 3.8) is 0 Å². The second kappa shape index (κ2) is 10.4. The maximum atomic E-state index is 13.4. The Bertz CT molecular complexity index is 863. The molecule has 0 amide bonds. The van der Waals surface area contributed by atoms with Crippen molar-refractivity contribution in [3.05, 3.63) is 12.2 Å². The van der Waals surface area contributed by atoms with E-state index in [2.05, 4.69) is 16.1 Å². The summed E-state index contributed by atoms with van der Waals surface area (Å²) in [4.78, 5) is 12.1. The van der Waals surface area contributed by atoms with Crippen LogP contribution in [0.1, 0.15) is 32.1 Å². The quantitative estimate of drug-likeness (QED) is 0.130. The van der Waals surface area contributed by atoms with Crippen LogP contribution in [0.2, 0.25) is 0 Å². The molecule has 1 unspecified atom stereocenters. The molecule has 1 aliphatic rings. The molecule has 0 radical (unpaired) electrons. The number of hydrogen-bond donors (Lipinski definition) is 2. The first-order chi connectivity index (χ1) is 15.5. The van der Waals surface area contributed by atoms with Crippen LogP contribution in [0.15, 0.2) is 12.2 Å². The summed E-state index contributed by atoms with van der Waals surface area (Å²) in [6.45, 7) is 0.328. The van der Waals surface area contributed by atoms with Crippen LogP contribution >= 0.6 is 0 Å². The van der Waals surface area contributed by atoms with Crippen LogP contribution in [0.5, 0.6) is 0 Å². The average molecular weight is 558 g/mol. The lowest BCUT2D eigenvalue weighted by atomic mass is 9.84. The molecule has 206 valence electrons. The van der Waals surface area contributed by atoms with E-state index in [0.29, 0.717) is 0 Å². The standard InChI is InChI=1S/C17H20F10O7S/c1-9(8-33-7-6-13(18,19)17(26,27)35(30,31)32)12(28)34-11(10-4-2-3-5-10)14(29,15(20,21)22)16(23,24)25/h10-11,29H,1-8H2,(H,30,31,32). The number of esters is 1. The second-order valence-corrected chi connectivity index (χ2v) is 9.20. The number of ether oxygens (including phenoxy) is 2. The fraction of sp³-hybridized carbons (Fsp3) is 0.824. The lowest BCUT2D eigenvalue weighted by Gasteiger charge is -2.40. The zero-order valence-electron chi connectivity index (χ0n) is 17.4. The van der Waals surface area contributed by atoms with Crippen molar-refractivity contribution in [2.24, 2.45) is 5.92 Å². The molecule has 35 heavy (non-hydrogen) atoms. The SMILES string of the molecule is C=C(COCCC(F)(F)C(F)(F)S(=O)(=O)O)C(=O)OC(C1CCCC1)C(O)(C(F)(F)F)C(F)(F)F. The summed E-state index contributed by atoms with van der Waals surface area (Å²) >= 11 is 0. The molecule has 7 nitrogen and oxygen atoms in total. The number of aliphatic hydroxyl groups is 1. The van der Waals surface area contributed by atoms with Crippen molar-refractivity contribution in [1.82, 2.24) is 0 Å². The molecule has 1 fully saturated rings. The second-order valence-electron chi connectivity index (χ2n) is 7.73. The van der Waals surface area contributed by atoms with E-state index in [9.17, 15) is 62.2 Å². The van der Waals surface area contributed by atoms with Crippen molar-refractivity contribution < 1.29 is 76.2 Å². The minimum absolute atomic E-state index is 0.178. The number of carbonyl (C=O) groups excluding carboxylic acids is 1. The van der Waals surface area contributed by atoms with Crippen molar-refractivity contribution >= 4 is 16.1 Å². The van der Waals surface area contributed by atoms with Crippen LogP contribution in [0, 0.1) is 5.92 Å². The normalized spacial score (nSPS) is 17.9. The van der Waals surface area contributed by atoms with Crippen LogP contribution in [0.4, 0.5) is 43.9 Å².